The molecule has 0 aliphatic heterocycles. The molecule has 2 aromatic rings. The number of primary amides is 1. The van der Waals surface area contributed by atoms with Gasteiger partial charge in [0.05, 0.1) is 11.4 Å². The maximum Gasteiger partial charge on any atom is 0.248 e. The van der Waals surface area contributed by atoms with E-state index < -0.39 is 5.91 Å². The van der Waals surface area contributed by atoms with E-state index in [1.165, 1.54) is 5.56 Å². The molecule has 4 heteroatoms. The number of carbonyl (C=O) groups excluding carboxylic acids is 1. The molecular formula is C17H21N3O. The maximum atomic E-state index is 11.2. The van der Waals surface area contributed by atoms with Crippen LogP contribution in [0.15, 0.2) is 36.4 Å². The van der Waals surface area contributed by atoms with Crippen LogP contribution in [0.3, 0.4) is 0 Å². The second kappa shape index (κ2) is 5.87. The van der Waals surface area contributed by atoms with E-state index in [4.69, 9.17) is 11.5 Å². The van der Waals surface area contributed by atoms with Crippen molar-refractivity contribution in [2.45, 2.75) is 26.7 Å². The van der Waals surface area contributed by atoms with E-state index in [1.807, 2.05) is 0 Å². The number of nitrogen functional groups attached to an aromatic ring is 1. The van der Waals surface area contributed by atoms with Gasteiger partial charge >= 0.3 is 0 Å². The van der Waals surface area contributed by atoms with Gasteiger partial charge in [0.1, 0.15) is 0 Å². The molecule has 0 saturated carbocycles. The fourth-order valence-electron chi connectivity index (χ4n) is 2.31. The fraction of sp³-hybridized carbons (Fsp3) is 0.235. The number of nitrogens with two attached hydrogens (primary N) is 2. The Hall–Kier alpha value is -2.49. The summed E-state index contributed by atoms with van der Waals surface area (Å²) in [5.41, 5.74) is 16.4. The molecule has 0 radical (unpaired) electrons. The number of aryl methyl sites for hydroxylation is 1. The summed E-state index contributed by atoms with van der Waals surface area (Å²) in [7, 11) is 0. The van der Waals surface area contributed by atoms with Gasteiger partial charge in [-0.05, 0) is 42.2 Å². The third-order valence-electron chi connectivity index (χ3n) is 3.52. The van der Waals surface area contributed by atoms with E-state index in [-0.39, 0.29) is 0 Å². The van der Waals surface area contributed by atoms with Crippen molar-refractivity contribution in [3.05, 3.63) is 53.1 Å². The molecule has 0 fully saturated rings. The molecule has 1 amide bonds. The molecule has 5 N–H and O–H groups in total. The minimum atomic E-state index is -0.480. The third kappa shape index (κ3) is 3.16. The SMILES string of the molecule is Cc1cccc(C(C)C)c1Nc1ccc(C(N)=O)cc1N. The van der Waals surface area contributed by atoms with Crippen molar-refractivity contribution in [1.29, 1.82) is 0 Å². The highest BCUT2D eigenvalue weighted by Crippen LogP contribution is 2.32. The maximum absolute atomic E-state index is 11.2. The Morgan fingerprint density at radius 3 is 2.48 bits per heavy atom. The molecule has 2 rings (SSSR count). The smallest absolute Gasteiger partial charge is 0.248 e. The van der Waals surface area contributed by atoms with Crippen LogP contribution in [0.5, 0.6) is 0 Å². The summed E-state index contributed by atoms with van der Waals surface area (Å²) < 4.78 is 0. The van der Waals surface area contributed by atoms with Crippen molar-refractivity contribution >= 4 is 23.0 Å². The van der Waals surface area contributed by atoms with Crippen LogP contribution in [0.2, 0.25) is 0 Å². The van der Waals surface area contributed by atoms with Crippen molar-refractivity contribution in [3.8, 4) is 0 Å². The van der Waals surface area contributed by atoms with Crippen molar-refractivity contribution in [2.24, 2.45) is 5.73 Å². The number of rotatable bonds is 4. The largest absolute Gasteiger partial charge is 0.397 e. The molecule has 0 saturated heterocycles. The predicted octanol–water partition coefficient (Wildman–Crippen LogP) is 3.54. The summed E-state index contributed by atoms with van der Waals surface area (Å²) in [4.78, 5) is 11.2. The zero-order chi connectivity index (χ0) is 15.6. The summed E-state index contributed by atoms with van der Waals surface area (Å²) in [5, 5.41) is 3.38. The topological polar surface area (TPSA) is 81.1 Å². The van der Waals surface area contributed by atoms with Crippen molar-refractivity contribution < 1.29 is 4.79 Å². The minimum absolute atomic E-state index is 0.401. The van der Waals surface area contributed by atoms with Crippen LogP contribution in [0.25, 0.3) is 0 Å². The molecule has 4 nitrogen and oxygen atoms in total. The monoisotopic (exact) mass is 283 g/mol. The molecular weight excluding hydrogens is 262 g/mol. The standard InChI is InChI=1S/C17H21N3O/c1-10(2)13-6-4-5-11(3)16(13)20-15-8-7-12(17(19)21)9-14(15)18/h4-10,20H,18H2,1-3H3,(H2,19,21). The minimum Gasteiger partial charge on any atom is -0.397 e. The fourth-order valence-corrected chi connectivity index (χ4v) is 2.31. The Bertz CT molecular complexity index is 678. The van der Waals surface area contributed by atoms with Gasteiger partial charge in [-0.2, -0.15) is 0 Å². The van der Waals surface area contributed by atoms with Crippen LogP contribution in [0, 0.1) is 6.92 Å². The van der Waals surface area contributed by atoms with Crippen LogP contribution in [0.4, 0.5) is 17.1 Å². The first-order valence-electron chi connectivity index (χ1n) is 6.96. The molecule has 2 aromatic carbocycles. The highest BCUT2D eigenvalue weighted by Gasteiger charge is 2.11. The molecule has 0 atom stereocenters. The van der Waals surface area contributed by atoms with Gasteiger partial charge in [-0.25, -0.2) is 0 Å². The third-order valence-corrected chi connectivity index (χ3v) is 3.52. The average Bonchev–Trinajstić information content (AvgIpc) is 2.42. The molecule has 21 heavy (non-hydrogen) atoms. The van der Waals surface area contributed by atoms with Crippen LogP contribution in [-0.2, 0) is 0 Å². The van der Waals surface area contributed by atoms with Gasteiger partial charge in [0, 0.05) is 11.3 Å². The van der Waals surface area contributed by atoms with E-state index in [0.717, 1.165) is 16.9 Å². The van der Waals surface area contributed by atoms with E-state index in [1.54, 1.807) is 18.2 Å². The van der Waals surface area contributed by atoms with Crippen LogP contribution >= 0.6 is 0 Å². The lowest BCUT2D eigenvalue weighted by Crippen LogP contribution is -2.11. The Kier molecular flexibility index (Phi) is 4.17. The lowest BCUT2D eigenvalue weighted by atomic mass is 9.98. The van der Waals surface area contributed by atoms with Gasteiger partial charge in [0.2, 0.25) is 5.91 Å². The highest BCUT2D eigenvalue weighted by atomic mass is 16.1. The van der Waals surface area contributed by atoms with Crippen molar-refractivity contribution in [2.75, 3.05) is 11.1 Å². The first kappa shape index (κ1) is 14.9. The molecule has 0 spiro atoms. The summed E-state index contributed by atoms with van der Waals surface area (Å²) in [6.07, 6.45) is 0. The second-order valence-corrected chi connectivity index (χ2v) is 5.49. The summed E-state index contributed by atoms with van der Waals surface area (Å²) >= 11 is 0. The number of carbonyl (C=O) groups is 1. The first-order valence-corrected chi connectivity index (χ1v) is 6.96. The van der Waals surface area contributed by atoms with Gasteiger partial charge in [0.15, 0.2) is 0 Å². The zero-order valence-corrected chi connectivity index (χ0v) is 12.6. The molecule has 0 aromatic heterocycles. The van der Waals surface area contributed by atoms with Gasteiger partial charge in [-0.3, -0.25) is 4.79 Å². The van der Waals surface area contributed by atoms with E-state index in [0.29, 0.717) is 17.2 Å². The number of anilines is 3. The number of benzene rings is 2. The lowest BCUT2D eigenvalue weighted by molar-refractivity contribution is 0.100. The van der Waals surface area contributed by atoms with Gasteiger partial charge in [-0.1, -0.05) is 32.0 Å². The summed E-state index contributed by atoms with van der Waals surface area (Å²) in [6, 6.07) is 11.3. The lowest BCUT2D eigenvalue weighted by Gasteiger charge is -2.18. The highest BCUT2D eigenvalue weighted by molar-refractivity contribution is 5.95. The van der Waals surface area contributed by atoms with E-state index >= 15 is 0 Å². The van der Waals surface area contributed by atoms with Gasteiger partial charge in [0.25, 0.3) is 0 Å². The molecule has 0 unspecified atom stereocenters. The van der Waals surface area contributed by atoms with Crippen LogP contribution in [-0.4, -0.2) is 5.91 Å². The molecule has 0 heterocycles. The first-order chi connectivity index (χ1) is 9.90. The summed E-state index contributed by atoms with van der Waals surface area (Å²) in [6.45, 7) is 6.36. The normalized spacial score (nSPS) is 10.7. The molecule has 110 valence electrons. The van der Waals surface area contributed by atoms with Crippen LogP contribution < -0.4 is 16.8 Å². The van der Waals surface area contributed by atoms with Crippen molar-refractivity contribution in [1.82, 2.24) is 0 Å². The number of hydrogen-bond acceptors (Lipinski definition) is 3. The van der Waals surface area contributed by atoms with Gasteiger partial charge < -0.3 is 16.8 Å². The van der Waals surface area contributed by atoms with Crippen molar-refractivity contribution in [3.63, 3.8) is 0 Å². The predicted molar refractivity (Wildman–Crippen MR) is 87.9 cm³/mol. The molecule has 0 aliphatic carbocycles. The zero-order valence-electron chi connectivity index (χ0n) is 12.6. The number of para-hydroxylation sites is 1. The second-order valence-electron chi connectivity index (χ2n) is 5.49. The summed E-state index contributed by atoms with van der Waals surface area (Å²) in [5.74, 6) is -0.0782. The number of nitrogens with one attached hydrogen (secondary N) is 1. The Labute approximate surface area is 125 Å². The quantitative estimate of drug-likeness (QED) is 0.751. The average molecular weight is 283 g/mol. The van der Waals surface area contributed by atoms with Crippen LogP contribution in [0.1, 0.15) is 41.3 Å². The number of hydrogen-bond donors (Lipinski definition) is 3. The van der Waals surface area contributed by atoms with E-state index in [9.17, 15) is 4.79 Å². The van der Waals surface area contributed by atoms with Gasteiger partial charge in [-0.15, -0.1) is 0 Å². The molecule has 0 bridgehead atoms. The number of amides is 1. The Morgan fingerprint density at radius 1 is 1.19 bits per heavy atom. The van der Waals surface area contributed by atoms with E-state index in [2.05, 4.69) is 44.3 Å². The Morgan fingerprint density at radius 2 is 1.90 bits per heavy atom. The molecule has 0 aliphatic rings. The Balaban J connectivity index is 2.41.